The third kappa shape index (κ3) is 3.15. The zero-order valence-corrected chi connectivity index (χ0v) is 19.4. The Kier molecular flexibility index (Phi) is 5.26. The molecule has 0 fully saturated rings. The average molecular weight is 493 g/mol. The third-order valence-electron chi connectivity index (χ3n) is 5.69. The summed E-state index contributed by atoms with van der Waals surface area (Å²) in [5.74, 6) is 0. The Bertz CT molecular complexity index is 1490. The minimum atomic E-state index is -0.716. The molecular weight excluding hydrogens is 475 g/mol. The van der Waals surface area contributed by atoms with E-state index in [1.165, 1.54) is 23.0 Å². The number of aliphatic hydroxyl groups is 1. The van der Waals surface area contributed by atoms with E-state index in [9.17, 15) is 14.7 Å². The normalized spacial score (nSPS) is 18.3. The van der Waals surface area contributed by atoms with Crippen LogP contribution in [0.15, 0.2) is 39.2 Å². The van der Waals surface area contributed by atoms with Crippen LogP contribution in [-0.4, -0.2) is 36.5 Å². The molecule has 0 radical (unpaired) electrons. The van der Waals surface area contributed by atoms with Crippen LogP contribution in [0.25, 0.3) is 22.2 Å². The Labute approximate surface area is 195 Å². The Morgan fingerprint density at radius 1 is 1.25 bits per heavy atom. The third-order valence-corrected chi connectivity index (χ3v) is 7.13. The fourth-order valence-electron chi connectivity index (χ4n) is 4.30. The second-order valence-electron chi connectivity index (χ2n) is 7.61. The summed E-state index contributed by atoms with van der Waals surface area (Å²) in [5.41, 5.74) is 1.54. The maximum Gasteiger partial charge on any atom is 0.331 e. The van der Waals surface area contributed by atoms with Crippen LogP contribution in [0.5, 0.6) is 0 Å². The van der Waals surface area contributed by atoms with Gasteiger partial charge in [0, 0.05) is 30.1 Å². The van der Waals surface area contributed by atoms with E-state index in [4.69, 9.17) is 27.9 Å². The van der Waals surface area contributed by atoms with E-state index in [-0.39, 0.29) is 13.2 Å². The van der Waals surface area contributed by atoms with Crippen molar-refractivity contribution in [1.82, 2.24) is 18.7 Å². The average Bonchev–Trinajstić information content (AvgIpc) is 3.37. The molecular formula is C21H18Cl2N4O4S. The number of thiazole rings is 1. The predicted octanol–water partition coefficient (Wildman–Crippen LogP) is 2.95. The van der Waals surface area contributed by atoms with Gasteiger partial charge in [0.2, 0.25) is 0 Å². The Balaban J connectivity index is 1.97. The highest BCUT2D eigenvalue weighted by molar-refractivity contribution is 7.10. The van der Waals surface area contributed by atoms with E-state index >= 15 is 0 Å². The van der Waals surface area contributed by atoms with Crippen molar-refractivity contribution >= 4 is 45.4 Å². The number of nitrogens with zero attached hydrogens (tertiary/aromatic N) is 4. The largest absolute Gasteiger partial charge is 0.394 e. The Morgan fingerprint density at radius 2 is 2.03 bits per heavy atom. The molecule has 2 atom stereocenters. The van der Waals surface area contributed by atoms with Crippen molar-refractivity contribution in [3.05, 3.63) is 71.4 Å². The summed E-state index contributed by atoms with van der Waals surface area (Å²) in [7, 11) is 3.07. The van der Waals surface area contributed by atoms with Crippen LogP contribution in [0.3, 0.4) is 0 Å². The van der Waals surface area contributed by atoms with Crippen molar-refractivity contribution in [2.75, 3.05) is 6.61 Å². The predicted molar refractivity (Wildman–Crippen MR) is 124 cm³/mol. The number of halogens is 2. The lowest BCUT2D eigenvalue weighted by molar-refractivity contribution is -0.0517. The lowest BCUT2D eigenvalue weighted by Crippen LogP contribution is -2.37. The monoisotopic (exact) mass is 492 g/mol. The number of aryl methyl sites for hydroxylation is 1. The first-order valence-electron chi connectivity index (χ1n) is 9.77. The fraction of sp³-hybridized carbons (Fsp3) is 0.286. The van der Waals surface area contributed by atoms with Gasteiger partial charge in [-0.2, -0.15) is 0 Å². The molecule has 2 unspecified atom stereocenters. The molecule has 11 heteroatoms. The second-order valence-corrected chi connectivity index (χ2v) is 9.33. The summed E-state index contributed by atoms with van der Waals surface area (Å²) in [5, 5.41) is 13.4. The van der Waals surface area contributed by atoms with Gasteiger partial charge >= 0.3 is 5.69 Å². The maximum atomic E-state index is 13.4. The van der Waals surface area contributed by atoms with Crippen LogP contribution < -0.4 is 11.2 Å². The molecule has 1 N–H and O–H groups in total. The summed E-state index contributed by atoms with van der Waals surface area (Å²) >= 11 is 13.7. The second kappa shape index (κ2) is 7.86. The Hall–Kier alpha value is -2.43. The van der Waals surface area contributed by atoms with Crippen LogP contribution >= 0.6 is 34.5 Å². The van der Waals surface area contributed by atoms with Crippen LogP contribution in [-0.2, 0) is 25.4 Å². The molecule has 3 aromatic heterocycles. The highest BCUT2D eigenvalue weighted by atomic mass is 35.5. The summed E-state index contributed by atoms with van der Waals surface area (Å²) in [4.78, 5) is 30.6. The quantitative estimate of drug-likeness (QED) is 0.474. The number of hydrogen-bond acceptors (Lipinski definition) is 6. The molecule has 1 aromatic carbocycles. The van der Waals surface area contributed by atoms with E-state index in [1.807, 2.05) is 10.6 Å². The SMILES string of the molecule is Cn1c(=O)c2c(-c3cccc(Cl)c3)n3c(c2n(C)c1=O)C(c1nc(Cl)cs1)OC(CO)C3. The van der Waals surface area contributed by atoms with Crippen molar-refractivity contribution in [3.63, 3.8) is 0 Å². The van der Waals surface area contributed by atoms with Gasteiger partial charge in [0.1, 0.15) is 10.2 Å². The first kappa shape index (κ1) is 21.4. The lowest BCUT2D eigenvalue weighted by atomic mass is 10.1. The van der Waals surface area contributed by atoms with E-state index in [2.05, 4.69) is 4.98 Å². The molecule has 0 saturated heterocycles. The summed E-state index contributed by atoms with van der Waals surface area (Å²) in [6, 6.07) is 7.18. The molecule has 0 saturated carbocycles. The van der Waals surface area contributed by atoms with E-state index in [0.29, 0.717) is 37.5 Å². The molecule has 8 nitrogen and oxygen atoms in total. The molecule has 0 bridgehead atoms. The highest BCUT2D eigenvalue weighted by Crippen LogP contribution is 2.43. The van der Waals surface area contributed by atoms with Gasteiger partial charge < -0.3 is 14.4 Å². The number of benzene rings is 1. The zero-order chi connectivity index (χ0) is 22.7. The van der Waals surface area contributed by atoms with E-state index in [0.717, 1.165) is 10.1 Å². The van der Waals surface area contributed by atoms with Crippen LogP contribution in [0.1, 0.15) is 16.8 Å². The van der Waals surface area contributed by atoms with E-state index < -0.39 is 23.5 Å². The van der Waals surface area contributed by atoms with Crippen LogP contribution in [0, 0.1) is 0 Å². The lowest BCUT2D eigenvalue weighted by Gasteiger charge is -2.31. The number of fused-ring (bicyclic) bond motifs is 3. The summed E-state index contributed by atoms with van der Waals surface area (Å²) < 4.78 is 10.6. The smallest absolute Gasteiger partial charge is 0.331 e. The molecule has 0 spiro atoms. The minimum Gasteiger partial charge on any atom is -0.394 e. The van der Waals surface area contributed by atoms with Crippen molar-refractivity contribution in [2.45, 2.75) is 18.8 Å². The van der Waals surface area contributed by atoms with Crippen molar-refractivity contribution < 1.29 is 9.84 Å². The zero-order valence-electron chi connectivity index (χ0n) is 17.1. The van der Waals surface area contributed by atoms with Gasteiger partial charge in [-0.25, -0.2) is 9.78 Å². The van der Waals surface area contributed by atoms with Gasteiger partial charge in [-0.3, -0.25) is 13.9 Å². The Morgan fingerprint density at radius 3 is 2.69 bits per heavy atom. The molecule has 0 amide bonds. The standard InChI is InChI=1S/C21H18Cl2N4O4S/c1-25-16-14(20(29)26(2)21(25)30)15(10-4-3-5-11(22)6-10)27-7-12(8-28)31-18(17(16)27)19-24-13(23)9-32-19/h3-6,9,12,18,28H,7-8H2,1-2H3. The molecule has 1 aliphatic rings. The van der Waals surface area contributed by atoms with Gasteiger partial charge in [0.25, 0.3) is 5.56 Å². The number of aromatic nitrogens is 4. The summed E-state index contributed by atoms with van der Waals surface area (Å²) in [6.07, 6.45) is -1.26. The molecule has 4 heterocycles. The van der Waals surface area contributed by atoms with Gasteiger partial charge in [-0.05, 0) is 12.1 Å². The number of ether oxygens (including phenoxy) is 1. The minimum absolute atomic E-state index is 0.227. The van der Waals surface area contributed by atoms with Crippen LogP contribution in [0.4, 0.5) is 0 Å². The first-order valence-corrected chi connectivity index (χ1v) is 11.4. The summed E-state index contributed by atoms with van der Waals surface area (Å²) in [6.45, 7) is 0.0603. The highest BCUT2D eigenvalue weighted by Gasteiger charge is 2.37. The fourth-order valence-corrected chi connectivity index (χ4v) is 5.48. The van der Waals surface area contributed by atoms with Gasteiger partial charge in [0.15, 0.2) is 6.10 Å². The number of rotatable bonds is 3. The molecule has 166 valence electrons. The maximum absolute atomic E-state index is 13.4. The van der Waals surface area contributed by atoms with Crippen molar-refractivity contribution in [1.29, 1.82) is 0 Å². The van der Waals surface area contributed by atoms with E-state index in [1.54, 1.807) is 30.6 Å². The van der Waals surface area contributed by atoms with Crippen molar-refractivity contribution in [3.8, 4) is 11.3 Å². The molecule has 1 aliphatic heterocycles. The molecule has 32 heavy (non-hydrogen) atoms. The number of aliphatic hydroxyl groups excluding tert-OH is 1. The molecule has 4 aromatic rings. The van der Waals surface area contributed by atoms with Crippen LogP contribution in [0.2, 0.25) is 10.2 Å². The van der Waals surface area contributed by atoms with Gasteiger partial charge in [-0.15, -0.1) is 11.3 Å². The topological polar surface area (TPSA) is 91.3 Å². The van der Waals surface area contributed by atoms with Gasteiger partial charge in [0.05, 0.1) is 41.5 Å². The number of hydrogen-bond donors (Lipinski definition) is 1. The molecule has 0 aliphatic carbocycles. The first-order chi connectivity index (χ1) is 15.3. The molecule has 5 rings (SSSR count). The van der Waals surface area contributed by atoms with Gasteiger partial charge in [-0.1, -0.05) is 35.3 Å². The van der Waals surface area contributed by atoms with Crippen molar-refractivity contribution in [2.24, 2.45) is 14.1 Å².